The van der Waals surface area contributed by atoms with Crippen LogP contribution in [0, 0.1) is 0 Å². The van der Waals surface area contributed by atoms with E-state index in [0.717, 1.165) is 5.75 Å². The molecule has 0 aliphatic carbocycles. The Morgan fingerprint density at radius 2 is 1.95 bits per heavy atom. The van der Waals surface area contributed by atoms with E-state index in [0.29, 0.717) is 6.42 Å². The zero-order valence-corrected chi connectivity index (χ0v) is 14.5. The number of hydrogen-bond donors (Lipinski definition) is 2. The van der Waals surface area contributed by atoms with Gasteiger partial charge >= 0.3 is 0 Å². The van der Waals surface area contributed by atoms with Gasteiger partial charge in [0.1, 0.15) is 0 Å². The van der Waals surface area contributed by atoms with Crippen LogP contribution in [-0.4, -0.2) is 49.3 Å². The van der Waals surface area contributed by atoms with Crippen LogP contribution in [0.5, 0.6) is 0 Å². The molecule has 1 aromatic rings. The van der Waals surface area contributed by atoms with E-state index in [2.05, 4.69) is 5.32 Å². The van der Waals surface area contributed by atoms with Crippen molar-refractivity contribution >= 4 is 27.5 Å². The largest absolute Gasteiger partial charge is 0.388 e. The van der Waals surface area contributed by atoms with Crippen molar-refractivity contribution in [2.75, 3.05) is 24.3 Å². The van der Waals surface area contributed by atoms with Gasteiger partial charge in [-0.15, -0.1) is 0 Å². The third-order valence-corrected chi connectivity index (χ3v) is 5.56. The molecular weight excluding hydrogens is 322 g/mol. The SMILES string of the molecule is CSCCC(C)(O)CNC(=O)CCS(=O)(=O)c1ccccc1. The number of nitrogens with one attached hydrogen (secondary N) is 1. The summed E-state index contributed by atoms with van der Waals surface area (Å²) < 4.78 is 24.1. The predicted octanol–water partition coefficient (Wildman–Crippen LogP) is 1.47. The monoisotopic (exact) mass is 345 g/mol. The van der Waals surface area contributed by atoms with Crippen LogP contribution in [0.1, 0.15) is 19.8 Å². The summed E-state index contributed by atoms with van der Waals surface area (Å²) in [6.45, 7) is 1.78. The molecule has 0 saturated carbocycles. The molecule has 5 nitrogen and oxygen atoms in total. The van der Waals surface area contributed by atoms with Crippen LogP contribution < -0.4 is 5.32 Å². The minimum atomic E-state index is -3.45. The van der Waals surface area contributed by atoms with E-state index in [9.17, 15) is 18.3 Å². The summed E-state index contributed by atoms with van der Waals surface area (Å²) in [6.07, 6.45) is 2.40. The Kier molecular flexibility index (Phi) is 7.38. The highest BCUT2D eigenvalue weighted by atomic mass is 32.2. The van der Waals surface area contributed by atoms with Crippen LogP contribution in [0.15, 0.2) is 35.2 Å². The third-order valence-electron chi connectivity index (χ3n) is 3.21. The molecule has 0 saturated heterocycles. The van der Waals surface area contributed by atoms with Gasteiger partial charge in [-0.2, -0.15) is 11.8 Å². The fourth-order valence-corrected chi connectivity index (χ4v) is 3.67. The van der Waals surface area contributed by atoms with E-state index in [1.165, 1.54) is 12.1 Å². The van der Waals surface area contributed by atoms with Crippen molar-refractivity contribution in [3.05, 3.63) is 30.3 Å². The number of thioether (sulfide) groups is 1. The lowest BCUT2D eigenvalue weighted by molar-refractivity contribution is -0.121. The molecule has 2 N–H and O–H groups in total. The van der Waals surface area contributed by atoms with Crippen LogP contribution in [-0.2, 0) is 14.6 Å². The lowest BCUT2D eigenvalue weighted by Gasteiger charge is -2.23. The number of benzene rings is 1. The van der Waals surface area contributed by atoms with E-state index in [4.69, 9.17) is 0 Å². The van der Waals surface area contributed by atoms with Gasteiger partial charge in [-0.1, -0.05) is 18.2 Å². The van der Waals surface area contributed by atoms with Crippen molar-refractivity contribution in [2.45, 2.75) is 30.3 Å². The van der Waals surface area contributed by atoms with Gasteiger partial charge < -0.3 is 10.4 Å². The van der Waals surface area contributed by atoms with Gasteiger partial charge in [0.25, 0.3) is 0 Å². The normalized spacial score (nSPS) is 14.3. The number of carbonyl (C=O) groups excluding carboxylic acids is 1. The Hall–Kier alpha value is -1.05. The first-order valence-corrected chi connectivity index (χ1v) is 10.1. The second-order valence-corrected chi connectivity index (χ2v) is 8.49. The third kappa shape index (κ3) is 6.81. The van der Waals surface area contributed by atoms with E-state index >= 15 is 0 Å². The molecule has 0 aliphatic rings. The highest BCUT2D eigenvalue weighted by Crippen LogP contribution is 2.13. The van der Waals surface area contributed by atoms with Crippen LogP contribution in [0.2, 0.25) is 0 Å². The van der Waals surface area contributed by atoms with Crippen LogP contribution in [0.25, 0.3) is 0 Å². The highest BCUT2D eigenvalue weighted by molar-refractivity contribution is 7.98. The first-order chi connectivity index (χ1) is 10.3. The van der Waals surface area contributed by atoms with Crippen LogP contribution in [0.3, 0.4) is 0 Å². The zero-order valence-electron chi connectivity index (χ0n) is 12.9. The molecule has 22 heavy (non-hydrogen) atoms. The Morgan fingerprint density at radius 1 is 1.32 bits per heavy atom. The summed E-state index contributed by atoms with van der Waals surface area (Å²) in [5, 5.41) is 12.6. The van der Waals surface area contributed by atoms with Gasteiger partial charge in [-0.05, 0) is 37.5 Å². The molecule has 0 spiro atoms. The number of amides is 1. The van der Waals surface area contributed by atoms with Crippen LogP contribution >= 0.6 is 11.8 Å². The molecule has 0 bridgehead atoms. The molecular formula is C15H23NO4S2. The topological polar surface area (TPSA) is 83.5 Å². The number of sulfone groups is 1. The maximum Gasteiger partial charge on any atom is 0.221 e. The summed E-state index contributed by atoms with van der Waals surface area (Å²) in [6, 6.07) is 8.06. The second kappa shape index (κ2) is 8.55. The average molecular weight is 345 g/mol. The van der Waals surface area contributed by atoms with Crippen molar-refractivity contribution in [2.24, 2.45) is 0 Å². The fourth-order valence-electron chi connectivity index (χ4n) is 1.76. The molecule has 1 atom stereocenters. The molecule has 1 unspecified atom stereocenters. The van der Waals surface area contributed by atoms with Gasteiger partial charge in [0.15, 0.2) is 9.84 Å². The van der Waals surface area contributed by atoms with E-state index < -0.39 is 15.4 Å². The lowest BCUT2D eigenvalue weighted by atomic mass is 10.0. The van der Waals surface area contributed by atoms with Gasteiger partial charge in [-0.3, -0.25) is 4.79 Å². The summed E-state index contributed by atoms with van der Waals surface area (Å²) >= 11 is 1.62. The smallest absolute Gasteiger partial charge is 0.221 e. The fraction of sp³-hybridized carbons (Fsp3) is 0.533. The van der Waals surface area contributed by atoms with E-state index in [1.807, 2.05) is 6.26 Å². The Balaban J connectivity index is 2.43. The first kappa shape index (κ1) is 19.0. The second-order valence-electron chi connectivity index (χ2n) is 5.40. The highest BCUT2D eigenvalue weighted by Gasteiger charge is 2.21. The summed E-state index contributed by atoms with van der Waals surface area (Å²) in [5.74, 6) is 0.185. The number of rotatable bonds is 9. The number of hydrogen-bond acceptors (Lipinski definition) is 5. The van der Waals surface area contributed by atoms with Crippen molar-refractivity contribution in [1.29, 1.82) is 0 Å². The zero-order chi connectivity index (χ0) is 16.6. The molecule has 0 heterocycles. The minimum absolute atomic E-state index is 0.115. The maximum atomic E-state index is 12.0. The molecule has 124 valence electrons. The van der Waals surface area contributed by atoms with Crippen molar-refractivity contribution in [3.8, 4) is 0 Å². The van der Waals surface area contributed by atoms with Crippen molar-refractivity contribution in [1.82, 2.24) is 5.32 Å². The lowest BCUT2D eigenvalue weighted by Crippen LogP contribution is -2.41. The van der Waals surface area contributed by atoms with Crippen LogP contribution in [0.4, 0.5) is 0 Å². The Morgan fingerprint density at radius 3 is 2.55 bits per heavy atom. The molecule has 0 fully saturated rings. The van der Waals surface area contributed by atoms with E-state index in [-0.39, 0.29) is 29.5 Å². The minimum Gasteiger partial charge on any atom is -0.388 e. The predicted molar refractivity (Wildman–Crippen MR) is 89.7 cm³/mol. The molecule has 0 aliphatic heterocycles. The van der Waals surface area contributed by atoms with Gasteiger partial charge in [0, 0.05) is 13.0 Å². The van der Waals surface area contributed by atoms with Crippen molar-refractivity contribution < 1.29 is 18.3 Å². The summed E-state index contributed by atoms with van der Waals surface area (Å²) in [4.78, 5) is 12.0. The summed E-state index contributed by atoms with van der Waals surface area (Å²) in [7, 11) is -3.45. The number of aliphatic hydroxyl groups is 1. The van der Waals surface area contributed by atoms with E-state index in [1.54, 1.807) is 36.9 Å². The molecule has 0 aromatic heterocycles. The van der Waals surface area contributed by atoms with Gasteiger partial charge in [0.2, 0.25) is 5.91 Å². The van der Waals surface area contributed by atoms with Gasteiger partial charge in [-0.25, -0.2) is 8.42 Å². The molecule has 1 aromatic carbocycles. The summed E-state index contributed by atoms with van der Waals surface area (Å²) in [5.41, 5.74) is -0.975. The first-order valence-electron chi connectivity index (χ1n) is 7.03. The number of carbonyl (C=O) groups is 1. The molecule has 7 heteroatoms. The standard InChI is InChI=1S/C15H23NO4S2/c1-15(18,9-10-21-2)12-16-14(17)8-11-22(19,20)13-6-4-3-5-7-13/h3-7,18H,8-12H2,1-2H3,(H,16,17). The van der Waals surface area contributed by atoms with Gasteiger partial charge in [0.05, 0.1) is 16.2 Å². The molecule has 1 amide bonds. The molecule has 1 rings (SSSR count). The molecule has 0 radical (unpaired) electrons. The quantitative estimate of drug-likeness (QED) is 0.708. The Labute approximate surface area is 136 Å². The Bertz CT molecular complexity index is 570. The maximum absolute atomic E-state index is 12.0. The average Bonchev–Trinajstić information content (AvgIpc) is 2.50. The van der Waals surface area contributed by atoms with Crippen molar-refractivity contribution in [3.63, 3.8) is 0 Å².